The molecule has 0 spiro atoms. The summed E-state index contributed by atoms with van der Waals surface area (Å²) in [6.45, 7) is 0.323. The zero-order valence-electron chi connectivity index (χ0n) is 3.47. The van der Waals surface area contributed by atoms with E-state index in [1.165, 1.54) is 0 Å². The summed E-state index contributed by atoms with van der Waals surface area (Å²) in [6, 6.07) is 0. The van der Waals surface area contributed by atoms with Gasteiger partial charge in [0.2, 0.25) is 0 Å². The Labute approximate surface area is 41.8 Å². The lowest BCUT2D eigenvalue weighted by molar-refractivity contribution is 0.209. The van der Waals surface area contributed by atoms with Gasteiger partial charge in [0.15, 0.2) is 0 Å². The third kappa shape index (κ3) is 3.76. The fraction of sp³-hybridized carbons (Fsp3) is 0.667. The third-order valence-electron chi connectivity index (χ3n) is 0.258. The number of methoxy groups -OCH3 is 1. The van der Waals surface area contributed by atoms with E-state index in [0.29, 0.717) is 6.73 Å². The molecule has 0 aliphatic heterocycles. The Balaban J connectivity index is 2.86. The molecule has 0 aliphatic rings. The van der Waals surface area contributed by atoms with E-state index in [2.05, 4.69) is 27.1 Å². The molecule has 0 atom stereocenters. The van der Waals surface area contributed by atoms with Crippen LogP contribution >= 0.6 is 12.2 Å². The molecule has 0 aromatic heterocycles. The van der Waals surface area contributed by atoms with Crippen molar-refractivity contribution in [2.45, 2.75) is 0 Å². The lowest BCUT2D eigenvalue weighted by atomic mass is 11.2. The molecule has 0 saturated heterocycles. The van der Waals surface area contributed by atoms with Crippen molar-refractivity contribution in [3.8, 4) is 0 Å². The first-order valence-electron chi connectivity index (χ1n) is 1.44. The van der Waals surface area contributed by atoms with Gasteiger partial charge in [-0.1, -0.05) is 0 Å². The Morgan fingerprint density at radius 3 is 2.83 bits per heavy atom. The quantitative estimate of drug-likeness (QED) is 0.379. The van der Waals surface area contributed by atoms with Crippen LogP contribution in [0.15, 0.2) is 4.99 Å². The van der Waals surface area contributed by atoms with Crippen molar-refractivity contribution in [1.29, 1.82) is 0 Å². The fourth-order valence-electron chi connectivity index (χ4n) is 0.0909. The first kappa shape index (κ1) is 5.76. The van der Waals surface area contributed by atoms with Crippen LogP contribution in [0.5, 0.6) is 0 Å². The molecule has 0 rings (SSSR count). The number of rotatable bonds is 2. The highest BCUT2D eigenvalue weighted by Crippen LogP contribution is 1.62. The van der Waals surface area contributed by atoms with Gasteiger partial charge in [-0.25, -0.2) is 4.99 Å². The topological polar surface area (TPSA) is 21.6 Å². The average Bonchev–Trinajstić information content (AvgIpc) is 1.61. The van der Waals surface area contributed by atoms with Crippen molar-refractivity contribution in [2.24, 2.45) is 4.99 Å². The minimum absolute atomic E-state index is 0.323. The van der Waals surface area contributed by atoms with Gasteiger partial charge in [0, 0.05) is 7.11 Å². The monoisotopic (exact) mass is 103 g/mol. The number of thiocarbonyl (C=S) groups is 1. The predicted molar refractivity (Wildman–Crippen MR) is 26.9 cm³/mol. The van der Waals surface area contributed by atoms with Crippen LogP contribution < -0.4 is 0 Å². The maximum absolute atomic E-state index is 4.49. The minimum atomic E-state index is 0.323. The first-order valence-corrected chi connectivity index (χ1v) is 1.85. The largest absolute Gasteiger partial charge is 0.362 e. The van der Waals surface area contributed by atoms with E-state index >= 15 is 0 Å². The van der Waals surface area contributed by atoms with Gasteiger partial charge in [-0.3, -0.25) is 0 Å². The molecule has 0 unspecified atom stereocenters. The molecule has 2 nitrogen and oxygen atoms in total. The SMILES string of the molecule is COCN=C=S. The molecule has 0 aromatic carbocycles. The second kappa shape index (κ2) is 4.76. The molecular formula is C3H5NOS. The van der Waals surface area contributed by atoms with Gasteiger partial charge in [0.1, 0.15) is 6.73 Å². The number of isothiocyanates is 1. The summed E-state index contributed by atoms with van der Waals surface area (Å²) in [4.78, 5) is 3.43. The van der Waals surface area contributed by atoms with E-state index in [1.54, 1.807) is 7.11 Å². The summed E-state index contributed by atoms with van der Waals surface area (Å²) in [5.41, 5.74) is 0. The zero-order chi connectivity index (χ0) is 4.83. The van der Waals surface area contributed by atoms with E-state index in [-0.39, 0.29) is 0 Å². The normalized spacial score (nSPS) is 6.83. The van der Waals surface area contributed by atoms with Crippen LogP contribution in [0.3, 0.4) is 0 Å². The molecule has 0 bridgehead atoms. The van der Waals surface area contributed by atoms with E-state index in [4.69, 9.17) is 0 Å². The molecule has 0 saturated carbocycles. The Morgan fingerprint density at radius 1 is 2.00 bits per heavy atom. The Hall–Kier alpha value is -0.240. The van der Waals surface area contributed by atoms with Crippen molar-refractivity contribution in [2.75, 3.05) is 13.8 Å². The lowest BCUT2D eigenvalue weighted by Gasteiger charge is -1.79. The Kier molecular flexibility index (Phi) is 4.57. The van der Waals surface area contributed by atoms with Crippen molar-refractivity contribution in [3.05, 3.63) is 0 Å². The van der Waals surface area contributed by atoms with Gasteiger partial charge in [0.25, 0.3) is 0 Å². The number of hydrogen-bond acceptors (Lipinski definition) is 3. The van der Waals surface area contributed by atoms with Gasteiger partial charge in [0.05, 0.1) is 5.16 Å². The van der Waals surface area contributed by atoms with Crippen LogP contribution in [0.2, 0.25) is 0 Å². The molecule has 34 valence electrons. The van der Waals surface area contributed by atoms with Gasteiger partial charge in [-0.15, -0.1) is 0 Å². The van der Waals surface area contributed by atoms with E-state index < -0.39 is 0 Å². The minimum Gasteiger partial charge on any atom is -0.362 e. The summed E-state index contributed by atoms with van der Waals surface area (Å²) >= 11 is 4.22. The smallest absolute Gasteiger partial charge is 0.147 e. The fourth-order valence-corrected chi connectivity index (χ4v) is 0.144. The van der Waals surface area contributed by atoms with Crippen LogP contribution in [0, 0.1) is 0 Å². The molecule has 6 heavy (non-hydrogen) atoms. The van der Waals surface area contributed by atoms with Crippen molar-refractivity contribution in [3.63, 3.8) is 0 Å². The molecule has 0 N–H and O–H groups in total. The summed E-state index contributed by atoms with van der Waals surface area (Å²) in [5.74, 6) is 0. The van der Waals surface area contributed by atoms with E-state index in [9.17, 15) is 0 Å². The molecule has 0 aliphatic carbocycles. The molecule has 0 amide bonds. The Morgan fingerprint density at radius 2 is 2.67 bits per heavy atom. The summed E-state index contributed by atoms with van der Waals surface area (Å²) in [6.07, 6.45) is 0. The summed E-state index contributed by atoms with van der Waals surface area (Å²) in [5, 5.41) is 2.15. The molecule has 0 aromatic rings. The van der Waals surface area contributed by atoms with Crippen molar-refractivity contribution in [1.82, 2.24) is 0 Å². The van der Waals surface area contributed by atoms with Crippen LogP contribution in [-0.4, -0.2) is 19.0 Å². The highest BCUT2D eigenvalue weighted by molar-refractivity contribution is 7.78. The van der Waals surface area contributed by atoms with Gasteiger partial charge < -0.3 is 4.74 Å². The molecule has 0 radical (unpaired) electrons. The van der Waals surface area contributed by atoms with Crippen LogP contribution in [-0.2, 0) is 4.74 Å². The average molecular weight is 103 g/mol. The number of nitrogens with zero attached hydrogens (tertiary/aromatic N) is 1. The maximum atomic E-state index is 4.49. The maximum Gasteiger partial charge on any atom is 0.147 e. The van der Waals surface area contributed by atoms with Crippen molar-refractivity contribution < 1.29 is 4.74 Å². The van der Waals surface area contributed by atoms with E-state index in [1.807, 2.05) is 0 Å². The van der Waals surface area contributed by atoms with Crippen molar-refractivity contribution >= 4 is 17.4 Å². The second-order valence-electron chi connectivity index (χ2n) is 0.667. The number of hydrogen-bond donors (Lipinski definition) is 0. The van der Waals surface area contributed by atoms with E-state index in [0.717, 1.165) is 0 Å². The van der Waals surface area contributed by atoms with Gasteiger partial charge >= 0.3 is 0 Å². The molecule has 0 fully saturated rings. The first-order chi connectivity index (χ1) is 2.91. The summed E-state index contributed by atoms with van der Waals surface area (Å²) < 4.78 is 4.49. The predicted octanol–water partition coefficient (Wildman–Crippen LogP) is 0.693. The van der Waals surface area contributed by atoms with Crippen LogP contribution in [0.1, 0.15) is 0 Å². The lowest BCUT2D eigenvalue weighted by Crippen LogP contribution is -1.77. The molecular weight excluding hydrogens is 98.1 g/mol. The zero-order valence-corrected chi connectivity index (χ0v) is 4.29. The molecule has 0 heterocycles. The summed E-state index contributed by atoms with van der Waals surface area (Å²) in [7, 11) is 1.55. The van der Waals surface area contributed by atoms with Gasteiger partial charge in [-0.2, -0.15) is 0 Å². The van der Waals surface area contributed by atoms with Gasteiger partial charge in [-0.05, 0) is 12.2 Å². The highest BCUT2D eigenvalue weighted by Gasteiger charge is 1.61. The standard InChI is InChI=1S/C3H5NOS/c1-5-2-4-3-6/h2H2,1H3. The number of aliphatic imine (C=N–C) groups is 1. The third-order valence-corrected chi connectivity index (χ3v) is 0.387. The second-order valence-corrected chi connectivity index (χ2v) is 0.850. The van der Waals surface area contributed by atoms with Crippen LogP contribution in [0.4, 0.5) is 0 Å². The highest BCUT2D eigenvalue weighted by atomic mass is 32.1. The Bertz CT molecular complexity index is 67.2. The molecule has 3 heteroatoms. The van der Waals surface area contributed by atoms with Crippen LogP contribution in [0.25, 0.3) is 0 Å². The number of ether oxygens (including phenoxy) is 1.